The zero-order chi connectivity index (χ0) is 24.0. The van der Waals surface area contributed by atoms with Crippen LogP contribution in [0, 0.1) is 6.92 Å². The maximum atomic E-state index is 2.44. The first-order valence-corrected chi connectivity index (χ1v) is 13.3. The molecule has 3 heterocycles. The van der Waals surface area contributed by atoms with E-state index in [2.05, 4.69) is 121 Å². The normalized spacial score (nSPS) is 12.6. The fourth-order valence-corrected chi connectivity index (χ4v) is 7.44. The van der Waals surface area contributed by atoms with Crippen LogP contribution >= 0.6 is 11.3 Å². The lowest BCUT2D eigenvalue weighted by Gasteiger charge is -2.07. The molecule has 36 heavy (non-hydrogen) atoms. The van der Waals surface area contributed by atoms with Crippen LogP contribution in [-0.4, -0.2) is 4.40 Å². The number of aryl methyl sites for hydroxylation is 1. The van der Waals surface area contributed by atoms with Crippen LogP contribution in [0.15, 0.2) is 97.1 Å². The number of rotatable bonds is 2. The Morgan fingerprint density at radius 2 is 1.36 bits per heavy atom. The molecule has 0 bridgehead atoms. The number of hydrogen-bond acceptors (Lipinski definition) is 1. The third-order valence-corrected chi connectivity index (χ3v) is 9.14. The third-order valence-electron chi connectivity index (χ3n) is 7.83. The Balaban J connectivity index is 1.35. The number of para-hydroxylation sites is 2. The van der Waals surface area contributed by atoms with Crippen LogP contribution in [0.4, 0.5) is 0 Å². The van der Waals surface area contributed by atoms with Crippen LogP contribution < -0.4 is 0 Å². The number of hydrogen-bond donors (Lipinski definition) is 0. The van der Waals surface area contributed by atoms with E-state index in [0.29, 0.717) is 0 Å². The number of nitrogens with zero attached hydrogens (tertiary/aromatic N) is 1. The summed E-state index contributed by atoms with van der Waals surface area (Å²) in [5.74, 6) is 0. The fourth-order valence-electron chi connectivity index (χ4n) is 6.13. The van der Waals surface area contributed by atoms with Gasteiger partial charge in [0.05, 0.1) is 16.6 Å². The highest BCUT2D eigenvalue weighted by molar-refractivity contribution is 7.21. The number of fused-ring (bicyclic) bond motifs is 9. The largest absolute Gasteiger partial charge is 0.308 e. The van der Waals surface area contributed by atoms with Crippen molar-refractivity contribution in [1.29, 1.82) is 0 Å². The number of thiophene rings is 1. The summed E-state index contributed by atoms with van der Waals surface area (Å²) in [5.41, 5.74) is 7.80. The van der Waals surface area contributed by atoms with Crippen molar-refractivity contribution in [1.82, 2.24) is 4.40 Å². The summed E-state index contributed by atoms with van der Waals surface area (Å²) in [7, 11) is 0. The molecule has 2 heteroatoms. The predicted octanol–water partition coefficient (Wildman–Crippen LogP) is 10.2. The van der Waals surface area contributed by atoms with Gasteiger partial charge in [0.15, 0.2) is 0 Å². The van der Waals surface area contributed by atoms with Crippen LogP contribution in [0.3, 0.4) is 0 Å². The van der Waals surface area contributed by atoms with Crippen LogP contribution in [-0.2, 0) is 0 Å². The summed E-state index contributed by atoms with van der Waals surface area (Å²) >= 11 is 1.90. The minimum Gasteiger partial charge on any atom is -0.308 e. The van der Waals surface area contributed by atoms with Crippen LogP contribution in [0.1, 0.15) is 17.4 Å². The van der Waals surface area contributed by atoms with E-state index in [-0.39, 0.29) is 0 Å². The topological polar surface area (TPSA) is 4.41 Å². The quantitative estimate of drug-likeness (QED) is 0.233. The molecule has 0 atom stereocenters. The first kappa shape index (κ1) is 20.1. The van der Waals surface area contributed by atoms with Gasteiger partial charge in [-0.05, 0) is 77.0 Å². The minimum atomic E-state index is 1.26. The molecular weight excluding hydrogens is 454 g/mol. The highest BCUT2D eigenvalue weighted by atomic mass is 32.1. The summed E-state index contributed by atoms with van der Waals surface area (Å²) < 4.78 is 3.83. The molecule has 5 aromatic carbocycles. The molecule has 0 N–H and O–H groups in total. The SMILES string of the molecule is C/C=C\c1sc2c(ccc3cc(-c4ccc5c(c4)c4cccc6c7ccccc7n5c64)ccc32)c1C. The van der Waals surface area contributed by atoms with E-state index in [4.69, 9.17) is 0 Å². The van der Waals surface area contributed by atoms with Crippen molar-refractivity contribution in [2.45, 2.75) is 13.8 Å². The molecule has 0 saturated heterocycles. The Morgan fingerprint density at radius 1 is 0.639 bits per heavy atom. The third kappa shape index (κ3) is 2.54. The summed E-state index contributed by atoms with van der Waals surface area (Å²) in [6.45, 7) is 4.32. The molecule has 0 spiro atoms. The molecule has 3 aromatic heterocycles. The molecule has 0 aliphatic rings. The summed E-state index contributed by atoms with van der Waals surface area (Å²) in [6.07, 6.45) is 4.36. The van der Waals surface area contributed by atoms with E-state index in [1.165, 1.54) is 80.5 Å². The van der Waals surface area contributed by atoms with Crippen molar-refractivity contribution in [3.8, 4) is 11.1 Å². The lowest BCUT2D eigenvalue weighted by molar-refractivity contribution is 1.37. The van der Waals surface area contributed by atoms with Gasteiger partial charge in [-0.1, -0.05) is 72.8 Å². The first-order chi connectivity index (χ1) is 17.7. The van der Waals surface area contributed by atoms with Gasteiger partial charge in [-0.25, -0.2) is 0 Å². The Kier molecular flexibility index (Phi) is 4.01. The van der Waals surface area contributed by atoms with Crippen molar-refractivity contribution in [2.24, 2.45) is 0 Å². The number of allylic oxidation sites excluding steroid dienone is 1. The van der Waals surface area contributed by atoms with Gasteiger partial charge in [-0.3, -0.25) is 0 Å². The molecule has 0 fully saturated rings. The Labute approximate surface area is 212 Å². The average Bonchev–Trinajstić information content (AvgIpc) is 3.55. The number of aromatic nitrogens is 1. The van der Waals surface area contributed by atoms with Crippen molar-refractivity contribution < 1.29 is 0 Å². The molecule has 0 aliphatic heterocycles. The van der Waals surface area contributed by atoms with Gasteiger partial charge in [0.25, 0.3) is 0 Å². The summed E-state index contributed by atoms with van der Waals surface area (Å²) in [5, 5.41) is 9.31. The molecule has 0 unspecified atom stereocenters. The highest BCUT2D eigenvalue weighted by Gasteiger charge is 2.17. The van der Waals surface area contributed by atoms with Crippen LogP contribution in [0.5, 0.6) is 0 Å². The average molecular weight is 478 g/mol. The van der Waals surface area contributed by atoms with Gasteiger partial charge in [-0.2, -0.15) is 0 Å². The molecule has 0 radical (unpaired) electrons. The maximum Gasteiger partial charge on any atom is 0.0620 e. The fraction of sp³-hybridized carbons (Fsp3) is 0.0588. The van der Waals surface area contributed by atoms with Gasteiger partial charge in [0.2, 0.25) is 0 Å². The van der Waals surface area contributed by atoms with E-state index < -0.39 is 0 Å². The molecule has 0 amide bonds. The Hall–Kier alpha value is -4.14. The van der Waals surface area contributed by atoms with Crippen molar-refractivity contribution in [2.75, 3.05) is 0 Å². The Bertz CT molecular complexity index is 2170. The van der Waals surface area contributed by atoms with E-state index >= 15 is 0 Å². The molecule has 8 aromatic rings. The predicted molar refractivity (Wildman–Crippen MR) is 159 cm³/mol. The van der Waals surface area contributed by atoms with Gasteiger partial charge < -0.3 is 4.40 Å². The molecule has 170 valence electrons. The minimum absolute atomic E-state index is 1.26. The van der Waals surface area contributed by atoms with E-state index in [0.717, 1.165) is 0 Å². The second kappa shape index (κ2) is 7.19. The van der Waals surface area contributed by atoms with Crippen LogP contribution in [0.2, 0.25) is 0 Å². The van der Waals surface area contributed by atoms with Gasteiger partial charge in [0.1, 0.15) is 0 Å². The molecule has 0 aliphatic carbocycles. The standard InChI is InChI=1S/C34H23NS/c1-3-7-32-20(2)24-15-13-23-18-21(12-16-25(23)34(24)36-32)22-14-17-31-29(19-22)28-10-6-9-27-26-8-4-5-11-30(26)35(31)33(27)28/h3-19H,1-2H3/b7-3-. The van der Waals surface area contributed by atoms with E-state index in [1.54, 1.807) is 0 Å². The maximum absolute atomic E-state index is 2.44. The van der Waals surface area contributed by atoms with Gasteiger partial charge in [-0.15, -0.1) is 11.3 Å². The van der Waals surface area contributed by atoms with E-state index in [9.17, 15) is 0 Å². The molecule has 8 rings (SSSR count). The Morgan fingerprint density at radius 3 is 2.25 bits per heavy atom. The smallest absolute Gasteiger partial charge is 0.0620 e. The second-order valence-corrected chi connectivity index (χ2v) is 10.8. The summed E-state index contributed by atoms with van der Waals surface area (Å²) in [4.78, 5) is 1.35. The van der Waals surface area contributed by atoms with Gasteiger partial charge in [0, 0.05) is 31.1 Å². The van der Waals surface area contributed by atoms with E-state index in [1.807, 2.05) is 11.3 Å². The monoisotopic (exact) mass is 477 g/mol. The number of benzene rings is 5. The lowest BCUT2D eigenvalue weighted by Crippen LogP contribution is -1.83. The van der Waals surface area contributed by atoms with Crippen molar-refractivity contribution in [3.63, 3.8) is 0 Å². The summed E-state index contributed by atoms with van der Waals surface area (Å²) in [6, 6.07) is 34.0. The molecule has 1 nitrogen and oxygen atoms in total. The zero-order valence-electron chi connectivity index (χ0n) is 20.2. The second-order valence-electron chi connectivity index (χ2n) is 9.76. The lowest BCUT2D eigenvalue weighted by atomic mass is 9.98. The molecular formula is C34H23NS. The first-order valence-electron chi connectivity index (χ1n) is 12.5. The molecule has 0 saturated carbocycles. The van der Waals surface area contributed by atoms with Gasteiger partial charge >= 0.3 is 0 Å². The van der Waals surface area contributed by atoms with Crippen LogP contribution in [0.25, 0.3) is 76.2 Å². The highest BCUT2D eigenvalue weighted by Crippen LogP contribution is 2.41. The van der Waals surface area contributed by atoms with Crippen molar-refractivity contribution in [3.05, 3.63) is 108 Å². The van der Waals surface area contributed by atoms with Crippen molar-refractivity contribution >= 4 is 76.4 Å². The zero-order valence-corrected chi connectivity index (χ0v) is 21.0.